The molecule has 0 spiro atoms. The van der Waals surface area contributed by atoms with Gasteiger partial charge in [0.2, 0.25) is 5.67 Å². The van der Waals surface area contributed by atoms with Crippen molar-refractivity contribution in [1.29, 1.82) is 0 Å². The van der Waals surface area contributed by atoms with Crippen molar-refractivity contribution >= 4 is 21.9 Å². The Hall–Kier alpha value is -1.10. The summed E-state index contributed by atoms with van der Waals surface area (Å²) in [6.45, 7) is 6.78. The Balaban J connectivity index is 3.02. The maximum atomic E-state index is 14.4. The normalized spacial score (nSPS) is 14.1. The average molecular weight is 333 g/mol. The van der Waals surface area contributed by atoms with Crippen LogP contribution >= 0.6 is 15.9 Å². The molecule has 0 bridgehead atoms. The third-order valence-electron chi connectivity index (χ3n) is 2.50. The van der Waals surface area contributed by atoms with Gasteiger partial charge in [-0.1, -0.05) is 6.07 Å². The van der Waals surface area contributed by atoms with E-state index in [0.717, 1.165) is 0 Å². The lowest BCUT2D eigenvalue weighted by atomic mass is 9.98. The van der Waals surface area contributed by atoms with E-state index in [1.807, 2.05) is 13.8 Å². The van der Waals surface area contributed by atoms with Crippen molar-refractivity contribution in [1.82, 2.24) is 0 Å². The highest BCUT2D eigenvalue weighted by atomic mass is 79.9. The van der Waals surface area contributed by atoms with Crippen LogP contribution in [-0.2, 0) is 15.2 Å². The standard InChI is InChI=1S/C14H18BrFO3/c1-5-18-13(17)14(4,16)10-6-7-12(11(15)8-10)19-9(2)3/h6-9H,5H2,1-4H3. The third kappa shape index (κ3) is 3.93. The molecule has 0 aliphatic rings. The van der Waals surface area contributed by atoms with Gasteiger partial charge >= 0.3 is 5.97 Å². The van der Waals surface area contributed by atoms with E-state index in [1.165, 1.54) is 19.1 Å². The lowest BCUT2D eigenvalue weighted by Crippen LogP contribution is -2.29. The quantitative estimate of drug-likeness (QED) is 0.765. The Bertz CT molecular complexity index is 458. The van der Waals surface area contributed by atoms with Crippen LogP contribution in [0.4, 0.5) is 4.39 Å². The van der Waals surface area contributed by atoms with Crippen molar-refractivity contribution < 1.29 is 18.7 Å². The Morgan fingerprint density at radius 3 is 2.58 bits per heavy atom. The highest BCUT2D eigenvalue weighted by Gasteiger charge is 2.37. The zero-order valence-corrected chi connectivity index (χ0v) is 13.1. The van der Waals surface area contributed by atoms with Gasteiger partial charge in [0.15, 0.2) is 0 Å². The predicted molar refractivity (Wildman–Crippen MR) is 75.0 cm³/mol. The Kier molecular flexibility index (Phi) is 5.35. The first-order valence-electron chi connectivity index (χ1n) is 6.11. The average Bonchev–Trinajstić information content (AvgIpc) is 2.31. The number of esters is 1. The van der Waals surface area contributed by atoms with Crippen molar-refractivity contribution in [2.75, 3.05) is 6.61 Å². The number of halogens is 2. The second-order valence-corrected chi connectivity index (χ2v) is 5.39. The van der Waals surface area contributed by atoms with Gasteiger partial charge in [0.1, 0.15) is 5.75 Å². The zero-order chi connectivity index (χ0) is 14.6. The van der Waals surface area contributed by atoms with E-state index in [4.69, 9.17) is 9.47 Å². The number of alkyl halides is 1. The summed E-state index contributed by atoms with van der Waals surface area (Å²) in [4.78, 5) is 11.6. The van der Waals surface area contributed by atoms with Gasteiger partial charge in [-0.05, 0) is 55.8 Å². The first-order chi connectivity index (χ1) is 8.78. The molecule has 0 saturated carbocycles. The smallest absolute Gasteiger partial charge is 0.348 e. The molecule has 5 heteroatoms. The monoisotopic (exact) mass is 332 g/mol. The lowest BCUT2D eigenvalue weighted by Gasteiger charge is -2.20. The Morgan fingerprint density at radius 1 is 1.47 bits per heavy atom. The summed E-state index contributed by atoms with van der Waals surface area (Å²) in [6, 6.07) is 4.70. The fourth-order valence-corrected chi connectivity index (χ4v) is 2.00. The van der Waals surface area contributed by atoms with Gasteiger partial charge in [0.05, 0.1) is 17.2 Å². The summed E-state index contributed by atoms with van der Waals surface area (Å²) in [5, 5.41) is 0. The molecule has 0 N–H and O–H groups in total. The minimum Gasteiger partial charge on any atom is -0.490 e. The Labute approximate surface area is 121 Å². The number of hydrogen-bond donors (Lipinski definition) is 0. The van der Waals surface area contributed by atoms with Gasteiger partial charge in [-0.25, -0.2) is 9.18 Å². The second kappa shape index (κ2) is 6.37. The van der Waals surface area contributed by atoms with Crippen LogP contribution in [0, 0.1) is 0 Å². The molecule has 0 aliphatic heterocycles. The van der Waals surface area contributed by atoms with E-state index in [9.17, 15) is 9.18 Å². The summed E-state index contributed by atoms with van der Waals surface area (Å²) in [6.07, 6.45) is 0.0176. The third-order valence-corrected chi connectivity index (χ3v) is 3.12. The molecule has 1 rings (SSSR count). The molecule has 0 saturated heterocycles. The first-order valence-corrected chi connectivity index (χ1v) is 6.91. The van der Waals surface area contributed by atoms with Crippen molar-refractivity contribution in [2.24, 2.45) is 0 Å². The maximum Gasteiger partial charge on any atom is 0.348 e. The van der Waals surface area contributed by atoms with Crippen molar-refractivity contribution in [3.63, 3.8) is 0 Å². The van der Waals surface area contributed by atoms with Gasteiger partial charge in [-0.15, -0.1) is 0 Å². The fraction of sp³-hybridized carbons (Fsp3) is 0.500. The molecule has 106 valence electrons. The SMILES string of the molecule is CCOC(=O)C(C)(F)c1ccc(OC(C)C)c(Br)c1. The fourth-order valence-electron chi connectivity index (χ4n) is 1.53. The molecule has 0 amide bonds. The number of hydrogen-bond acceptors (Lipinski definition) is 3. The van der Waals surface area contributed by atoms with Crippen molar-refractivity contribution in [2.45, 2.75) is 39.5 Å². The van der Waals surface area contributed by atoms with E-state index in [2.05, 4.69) is 15.9 Å². The molecule has 1 aromatic rings. The van der Waals surface area contributed by atoms with Crippen LogP contribution < -0.4 is 4.74 Å². The molecule has 1 aromatic carbocycles. The lowest BCUT2D eigenvalue weighted by molar-refractivity contribution is -0.156. The number of carbonyl (C=O) groups excluding carboxylic acids is 1. The van der Waals surface area contributed by atoms with E-state index >= 15 is 0 Å². The number of rotatable bonds is 5. The summed E-state index contributed by atoms with van der Waals surface area (Å²) < 4.78 is 25.3. The highest BCUT2D eigenvalue weighted by molar-refractivity contribution is 9.10. The molecule has 0 aromatic heterocycles. The largest absolute Gasteiger partial charge is 0.490 e. The molecule has 1 unspecified atom stereocenters. The summed E-state index contributed by atoms with van der Waals surface area (Å²) >= 11 is 3.31. The van der Waals surface area contributed by atoms with Crippen molar-refractivity contribution in [3.8, 4) is 5.75 Å². The van der Waals surface area contributed by atoms with Crippen molar-refractivity contribution in [3.05, 3.63) is 28.2 Å². The van der Waals surface area contributed by atoms with Crippen LogP contribution in [0.1, 0.15) is 33.3 Å². The second-order valence-electron chi connectivity index (χ2n) is 4.54. The summed E-state index contributed by atoms with van der Waals surface area (Å²) in [7, 11) is 0. The zero-order valence-electron chi connectivity index (χ0n) is 11.5. The molecule has 0 radical (unpaired) electrons. The first kappa shape index (κ1) is 16.0. The predicted octanol–water partition coefficient (Wildman–Crippen LogP) is 3.98. The van der Waals surface area contributed by atoms with Crippen LogP contribution in [0.5, 0.6) is 5.75 Å². The van der Waals surface area contributed by atoms with E-state index < -0.39 is 11.6 Å². The minimum atomic E-state index is -2.17. The molecule has 1 atom stereocenters. The van der Waals surface area contributed by atoms with Gasteiger partial charge in [-0.3, -0.25) is 0 Å². The molecular weight excluding hydrogens is 315 g/mol. The van der Waals surface area contributed by atoms with Gasteiger partial charge < -0.3 is 9.47 Å². The van der Waals surface area contributed by atoms with E-state index in [0.29, 0.717) is 10.2 Å². The molecular formula is C14H18BrFO3. The number of carbonyl (C=O) groups is 1. The van der Waals surface area contributed by atoms with Crippen LogP contribution in [0.25, 0.3) is 0 Å². The van der Waals surface area contributed by atoms with Gasteiger partial charge in [0, 0.05) is 5.56 Å². The molecule has 19 heavy (non-hydrogen) atoms. The van der Waals surface area contributed by atoms with Crippen LogP contribution in [0.15, 0.2) is 22.7 Å². The highest BCUT2D eigenvalue weighted by Crippen LogP contribution is 2.34. The number of ether oxygens (including phenoxy) is 2. The maximum absolute atomic E-state index is 14.4. The topological polar surface area (TPSA) is 35.5 Å². The summed E-state index contributed by atoms with van der Waals surface area (Å²) in [5.41, 5.74) is -1.94. The minimum absolute atomic E-state index is 0.0176. The van der Waals surface area contributed by atoms with Gasteiger partial charge in [0.25, 0.3) is 0 Å². The van der Waals surface area contributed by atoms with E-state index in [-0.39, 0.29) is 18.3 Å². The number of benzene rings is 1. The molecule has 0 aliphatic carbocycles. The van der Waals surface area contributed by atoms with Gasteiger partial charge in [-0.2, -0.15) is 0 Å². The molecule has 0 heterocycles. The van der Waals surface area contributed by atoms with Crippen LogP contribution in [-0.4, -0.2) is 18.7 Å². The Morgan fingerprint density at radius 2 is 2.11 bits per heavy atom. The van der Waals surface area contributed by atoms with Crippen LogP contribution in [0.3, 0.4) is 0 Å². The van der Waals surface area contributed by atoms with Crippen LogP contribution in [0.2, 0.25) is 0 Å². The molecule has 3 nitrogen and oxygen atoms in total. The van der Waals surface area contributed by atoms with E-state index in [1.54, 1.807) is 13.0 Å². The molecule has 0 fully saturated rings. The summed E-state index contributed by atoms with van der Waals surface area (Å²) in [5.74, 6) is -0.280.